The number of carbonyl (C=O) groups is 2. The predicted molar refractivity (Wildman–Crippen MR) is 74.1 cm³/mol. The smallest absolute Gasteiger partial charge is 0.303 e. The van der Waals surface area contributed by atoms with Crippen molar-refractivity contribution in [2.75, 3.05) is 13.7 Å². The topological polar surface area (TPSA) is 91.4 Å². The molecule has 0 fully saturated rings. The van der Waals surface area contributed by atoms with E-state index in [2.05, 4.69) is 10.3 Å². The quantitative estimate of drug-likeness (QED) is 0.701. The normalized spacial score (nSPS) is 10.4. The molecule has 6 heteroatoms. The van der Waals surface area contributed by atoms with Crippen molar-refractivity contribution in [2.24, 2.45) is 0 Å². The van der Waals surface area contributed by atoms with Gasteiger partial charge in [0.25, 0.3) is 5.91 Å². The summed E-state index contributed by atoms with van der Waals surface area (Å²) in [5, 5.41) is 12.1. The summed E-state index contributed by atoms with van der Waals surface area (Å²) < 4.78 is 5.12. The molecule has 0 unspecified atom stereocenters. The molecule has 6 nitrogen and oxygen atoms in total. The van der Waals surface area contributed by atoms with Gasteiger partial charge >= 0.3 is 5.97 Å². The Kier molecular flexibility index (Phi) is 4.24. The number of benzene rings is 1. The van der Waals surface area contributed by atoms with Crippen LogP contribution in [0.1, 0.15) is 23.3 Å². The van der Waals surface area contributed by atoms with E-state index < -0.39 is 5.97 Å². The molecule has 0 aliphatic heterocycles. The molecule has 0 atom stereocenters. The summed E-state index contributed by atoms with van der Waals surface area (Å²) in [5.74, 6) is -0.393. The number of aromatic nitrogens is 1. The van der Waals surface area contributed by atoms with E-state index in [0.717, 1.165) is 10.9 Å². The van der Waals surface area contributed by atoms with Gasteiger partial charge in [-0.2, -0.15) is 0 Å². The molecule has 3 N–H and O–H groups in total. The summed E-state index contributed by atoms with van der Waals surface area (Å²) in [6.07, 6.45) is 0.458. The minimum atomic E-state index is -0.864. The maximum absolute atomic E-state index is 11.9. The van der Waals surface area contributed by atoms with Crippen LogP contribution >= 0.6 is 0 Å². The standard InChI is InChI=1S/C14H16N2O4/c1-20-10-5-4-9-7-12(16-11(9)8-10)14(19)15-6-2-3-13(17)18/h4-5,7-8,16H,2-3,6H2,1H3,(H,15,19)(H,17,18). The molecule has 0 saturated heterocycles. The van der Waals surface area contributed by atoms with Gasteiger partial charge in [0.05, 0.1) is 7.11 Å². The molecule has 1 aromatic heterocycles. The zero-order valence-electron chi connectivity index (χ0n) is 11.1. The van der Waals surface area contributed by atoms with Gasteiger partial charge < -0.3 is 20.1 Å². The number of carboxylic acids is 1. The SMILES string of the molecule is COc1ccc2cc(C(=O)NCCCC(=O)O)[nH]c2c1. The van der Waals surface area contributed by atoms with Crippen molar-refractivity contribution in [2.45, 2.75) is 12.8 Å². The van der Waals surface area contributed by atoms with Crippen LogP contribution in [-0.2, 0) is 4.79 Å². The van der Waals surface area contributed by atoms with Crippen LogP contribution in [0, 0.1) is 0 Å². The third-order valence-electron chi connectivity index (χ3n) is 2.93. The molecule has 0 spiro atoms. The van der Waals surface area contributed by atoms with E-state index in [1.165, 1.54) is 0 Å². The molecule has 20 heavy (non-hydrogen) atoms. The molecule has 0 aliphatic carbocycles. The minimum Gasteiger partial charge on any atom is -0.497 e. The summed E-state index contributed by atoms with van der Waals surface area (Å²) in [6.45, 7) is 0.337. The lowest BCUT2D eigenvalue weighted by atomic mass is 10.2. The van der Waals surface area contributed by atoms with Gasteiger partial charge in [0.1, 0.15) is 11.4 Å². The summed E-state index contributed by atoms with van der Waals surface area (Å²) in [5.41, 5.74) is 1.27. The highest BCUT2D eigenvalue weighted by molar-refractivity contribution is 5.98. The fourth-order valence-corrected chi connectivity index (χ4v) is 1.89. The number of rotatable bonds is 6. The zero-order chi connectivity index (χ0) is 14.5. The number of H-pyrrole nitrogens is 1. The Bertz CT molecular complexity index is 633. The lowest BCUT2D eigenvalue weighted by molar-refractivity contribution is -0.137. The van der Waals surface area contributed by atoms with E-state index in [-0.39, 0.29) is 12.3 Å². The fourth-order valence-electron chi connectivity index (χ4n) is 1.89. The highest BCUT2D eigenvalue weighted by Crippen LogP contribution is 2.21. The van der Waals surface area contributed by atoms with Crippen LogP contribution in [0.2, 0.25) is 0 Å². The average molecular weight is 276 g/mol. The Morgan fingerprint density at radius 2 is 2.15 bits per heavy atom. The van der Waals surface area contributed by atoms with Crippen LogP contribution < -0.4 is 10.1 Å². The Morgan fingerprint density at radius 3 is 2.85 bits per heavy atom. The van der Waals surface area contributed by atoms with Crippen LogP contribution in [0.25, 0.3) is 10.9 Å². The molecule has 0 aliphatic rings. The van der Waals surface area contributed by atoms with E-state index in [9.17, 15) is 9.59 Å². The number of amides is 1. The maximum Gasteiger partial charge on any atom is 0.303 e. The first-order valence-electron chi connectivity index (χ1n) is 6.27. The van der Waals surface area contributed by atoms with Crippen molar-refractivity contribution in [3.8, 4) is 5.75 Å². The number of hydrogen-bond donors (Lipinski definition) is 3. The van der Waals surface area contributed by atoms with Crippen LogP contribution in [-0.4, -0.2) is 35.6 Å². The molecular weight excluding hydrogens is 260 g/mol. The van der Waals surface area contributed by atoms with E-state index in [1.54, 1.807) is 13.2 Å². The average Bonchev–Trinajstić information content (AvgIpc) is 2.85. The maximum atomic E-state index is 11.9. The molecule has 0 saturated carbocycles. The van der Waals surface area contributed by atoms with E-state index in [0.29, 0.717) is 24.4 Å². The number of fused-ring (bicyclic) bond motifs is 1. The predicted octanol–water partition coefficient (Wildman–Crippen LogP) is 1.77. The van der Waals surface area contributed by atoms with Crippen molar-refractivity contribution in [3.05, 3.63) is 30.0 Å². The fraction of sp³-hybridized carbons (Fsp3) is 0.286. The Hall–Kier alpha value is -2.50. The van der Waals surface area contributed by atoms with Gasteiger partial charge in [-0.15, -0.1) is 0 Å². The zero-order valence-corrected chi connectivity index (χ0v) is 11.1. The van der Waals surface area contributed by atoms with Gasteiger partial charge in [-0.3, -0.25) is 9.59 Å². The first-order chi connectivity index (χ1) is 9.60. The molecular formula is C14H16N2O4. The number of hydrogen-bond acceptors (Lipinski definition) is 3. The van der Waals surface area contributed by atoms with Crippen molar-refractivity contribution in [1.29, 1.82) is 0 Å². The Balaban J connectivity index is 2.01. The number of carbonyl (C=O) groups excluding carboxylic acids is 1. The Labute approximate surface area is 115 Å². The van der Waals surface area contributed by atoms with Crippen LogP contribution in [0.15, 0.2) is 24.3 Å². The van der Waals surface area contributed by atoms with Gasteiger partial charge in [-0.25, -0.2) is 0 Å². The molecule has 106 valence electrons. The van der Waals surface area contributed by atoms with Crippen molar-refractivity contribution >= 4 is 22.8 Å². The number of nitrogens with one attached hydrogen (secondary N) is 2. The minimum absolute atomic E-state index is 0.0458. The number of methoxy groups -OCH3 is 1. The van der Waals surface area contributed by atoms with Crippen molar-refractivity contribution in [1.82, 2.24) is 10.3 Å². The number of aromatic amines is 1. The monoisotopic (exact) mass is 276 g/mol. The van der Waals surface area contributed by atoms with Gasteiger partial charge in [-0.1, -0.05) is 0 Å². The van der Waals surface area contributed by atoms with E-state index >= 15 is 0 Å². The second-order valence-corrected chi connectivity index (χ2v) is 4.39. The summed E-state index contributed by atoms with van der Waals surface area (Å²) in [6, 6.07) is 7.26. The molecule has 2 aromatic rings. The van der Waals surface area contributed by atoms with Gasteiger partial charge in [0, 0.05) is 29.9 Å². The highest BCUT2D eigenvalue weighted by Gasteiger charge is 2.09. The first-order valence-corrected chi connectivity index (χ1v) is 6.27. The third kappa shape index (κ3) is 3.28. The lowest BCUT2D eigenvalue weighted by Gasteiger charge is -2.01. The van der Waals surface area contributed by atoms with Gasteiger partial charge in [0.2, 0.25) is 0 Å². The third-order valence-corrected chi connectivity index (χ3v) is 2.93. The summed E-state index contributed by atoms with van der Waals surface area (Å²) >= 11 is 0. The van der Waals surface area contributed by atoms with Gasteiger partial charge in [-0.05, 0) is 24.6 Å². The second kappa shape index (κ2) is 6.10. The summed E-state index contributed by atoms with van der Waals surface area (Å²) in [7, 11) is 1.58. The molecule has 1 amide bonds. The van der Waals surface area contributed by atoms with E-state index in [1.807, 2.05) is 18.2 Å². The highest BCUT2D eigenvalue weighted by atomic mass is 16.5. The van der Waals surface area contributed by atoms with Crippen LogP contribution in [0.4, 0.5) is 0 Å². The molecule has 1 heterocycles. The summed E-state index contributed by atoms with van der Waals surface area (Å²) in [4.78, 5) is 25.3. The molecule has 1 aromatic carbocycles. The number of carboxylic acid groups (broad SMARTS) is 1. The van der Waals surface area contributed by atoms with Gasteiger partial charge in [0.15, 0.2) is 0 Å². The van der Waals surface area contributed by atoms with Crippen LogP contribution in [0.3, 0.4) is 0 Å². The molecule has 2 rings (SSSR count). The van der Waals surface area contributed by atoms with Crippen molar-refractivity contribution < 1.29 is 19.4 Å². The number of aliphatic carboxylic acids is 1. The molecule has 0 bridgehead atoms. The molecule has 0 radical (unpaired) electrons. The number of ether oxygens (including phenoxy) is 1. The van der Waals surface area contributed by atoms with Crippen molar-refractivity contribution in [3.63, 3.8) is 0 Å². The largest absolute Gasteiger partial charge is 0.497 e. The van der Waals surface area contributed by atoms with E-state index in [4.69, 9.17) is 9.84 Å². The first kappa shape index (κ1) is 13.9. The Morgan fingerprint density at radius 1 is 1.35 bits per heavy atom. The van der Waals surface area contributed by atoms with Crippen LogP contribution in [0.5, 0.6) is 5.75 Å². The lowest BCUT2D eigenvalue weighted by Crippen LogP contribution is -2.25. The second-order valence-electron chi connectivity index (χ2n) is 4.39.